The first-order valence-corrected chi connectivity index (χ1v) is 9.44. The van der Waals surface area contributed by atoms with Gasteiger partial charge < -0.3 is 30.2 Å². The van der Waals surface area contributed by atoms with Gasteiger partial charge >= 0.3 is 0 Å². The van der Waals surface area contributed by atoms with Crippen molar-refractivity contribution in [2.45, 2.75) is 13.0 Å². The van der Waals surface area contributed by atoms with Crippen LogP contribution in [0.3, 0.4) is 0 Å². The molecule has 1 amide bonds. The SMILES string of the molecule is COc1cc([C@H]2NC(=S)NC(C)=C2C(=O)Nc2ccccc2F)cc(OC)c1OC. The number of thiocarbonyl (C=S) groups is 1. The largest absolute Gasteiger partial charge is 0.493 e. The molecule has 0 saturated heterocycles. The third kappa shape index (κ3) is 4.16. The summed E-state index contributed by atoms with van der Waals surface area (Å²) in [5.41, 5.74) is 1.64. The Kier molecular flexibility index (Phi) is 6.41. The quantitative estimate of drug-likeness (QED) is 0.606. The predicted molar refractivity (Wildman–Crippen MR) is 115 cm³/mol. The van der Waals surface area contributed by atoms with Crippen LogP contribution >= 0.6 is 12.2 Å². The summed E-state index contributed by atoms with van der Waals surface area (Å²) in [5.74, 6) is 0.298. The van der Waals surface area contributed by atoms with Gasteiger partial charge in [0.05, 0.1) is 38.6 Å². The Morgan fingerprint density at radius 1 is 1.10 bits per heavy atom. The summed E-state index contributed by atoms with van der Waals surface area (Å²) in [6.07, 6.45) is 0. The van der Waals surface area contributed by atoms with Gasteiger partial charge in [0.1, 0.15) is 5.82 Å². The van der Waals surface area contributed by atoms with Crippen molar-refractivity contribution in [2.75, 3.05) is 26.6 Å². The lowest BCUT2D eigenvalue weighted by atomic mass is 9.94. The molecular formula is C21H22FN3O4S. The number of carbonyl (C=O) groups excluding carboxylic acids is 1. The zero-order chi connectivity index (χ0) is 21.8. The van der Waals surface area contributed by atoms with Crippen molar-refractivity contribution in [3.63, 3.8) is 0 Å². The average Bonchev–Trinajstić information content (AvgIpc) is 2.73. The molecule has 1 aliphatic rings. The number of benzene rings is 2. The van der Waals surface area contributed by atoms with Gasteiger partial charge in [0.2, 0.25) is 5.75 Å². The molecule has 0 spiro atoms. The summed E-state index contributed by atoms with van der Waals surface area (Å²) in [4.78, 5) is 13.1. The molecule has 0 fully saturated rings. The molecule has 7 nitrogen and oxygen atoms in total. The number of amides is 1. The Bertz CT molecular complexity index is 1000. The first-order chi connectivity index (χ1) is 14.4. The first-order valence-electron chi connectivity index (χ1n) is 9.03. The Morgan fingerprint density at radius 3 is 2.30 bits per heavy atom. The number of nitrogens with one attached hydrogen (secondary N) is 3. The highest BCUT2D eigenvalue weighted by Gasteiger charge is 2.31. The standard InChI is InChI=1S/C21H22FN3O4S/c1-11-17(20(26)24-14-8-6-5-7-13(14)22)18(25-21(30)23-11)12-9-15(27-2)19(29-4)16(10-12)28-3/h5-10,18H,1-4H3,(H,24,26)(H2,23,25,30)/t18-/m1/s1. The molecule has 0 radical (unpaired) electrons. The monoisotopic (exact) mass is 431 g/mol. The van der Waals surface area contributed by atoms with Crippen LogP contribution in [-0.2, 0) is 4.79 Å². The van der Waals surface area contributed by atoms with Gasteiger partial charge in [-0.2, -0.15) is 0 Å². The number of anilines is 1. The van der Waals surface area contributed by atoms with Crippen molar-refractivity contribution in [2.24, 2.45) is 0 Å². The van der Waals surface area contributed by atoms with E-state index in [9.17, 15) is 9.18 Å². The van der Waals surface area contributed by atoms with Crippen molar-refractivity contribution < 1.29 is 23.4 Å². The lowest BCUT2D eigenvalue weighted by molar-refractivity contribution is -0.113. The molecule has 1 heterocycles. The van der Waals surface area contributed by atoms with Crippen LogP contribution in [0, 0.1) is 5.82 Å². The zero-order valence-electron chi connectivity index (χ0n) is 17.0. The highest BCUT2D eigenvalue weighted by atomic mass is 32.1. The fraction of sp³-hybridized carbons (Fsp3) is 0.238. The van der Waals surface area contributed by atoms with E-state index in [1.165, 1.54) is 33.5 Å². The predicted octanol–water partition coefficient (Wildman–Crippen LogP) is 3.28. The molecule has 0 aliphatic carbocycles. The van der Waals surface area contributed by atoms with Crippen LogP contribution in [0.5, 0.6) is 17.2 Å². The summed E-state index contributed by atoms with van der Waals surface area (Å²) in [6.45, 7) is 1.73. The van der Waals surface area contributed by atoms with E-state index >= 15 is 0 Å². The van der Waals surface area contributed by atoms with E-state index in [0.717, 1.165) is 0 Å². The number of carbonyl (C=O) groups is 1. The van der Waals surface area contributed by atoms with E-state index in [4.69, 9.17) is 26.4 Å². The van der Waals surface area contributed by atoms with Gasteiger partial charge in [0, 0.05) is 5.70 Å². The molecule has 3 rings (SSSR count). The molecule has 1 atom stereocenters. The topological polar surface area (TPSA) is 80.9 Å². The Hall–Kier alpha value is -3.33. The zero-order valence-corrected chi connectivity index (χ0v) is 17.8. The van der Waals surface area contributed by atoms with E-state index in [0.29, 0.717) is 39.2 Å². The molecule has 1 aliphatic heterocycles. The number of ether oxygens (including phenoxy) is 3. The normalized spacial score (nSPS) is 15.8. The van der Waals surface area contributed by atoms with Crippen LogP contribution < -0.4 is 30.2 Å². The number of methoxy groups -OCH3 is 3. The molecule has 2 aromatic carbocycles. The fourth-order valence-corrected chi connectivity index (χ4v) is 3.54. The fourth-order valence-electron chi connectivity index (χ4n) is 3.27. The molecule has 0 unspecified atom stereocenters. The molecule has 0 saturated carbocycles. The van der Waals surface area contributed by atoms with E-state index in [2.05, 4.69) is 16.0 Å². The Morgan fingerprint density at radius 2 is 1.73 bits per heavy atom. The third-order valence-electron chi connectivity index (χ3n) is 4.66. The van der Waals surface area contributed by atoms with Gasteiger partial charge in [-0.15, -0.1) is 0 Å². The van der Waals surface area contributed by atoms with Gasteiger partial charge in [-0.1, -0.05) is 12.1 Å². The molecule has 0 bridgehead atoms. The van der Waals surface area contributed by atoms with Gasteiger partial charge in [0.15, 0.2) is 16.6 Å². The minimum atomic E-state index is -0.626. The van der Waals surface area contributed by atoms with Crippen molar-refractivity contribution in [3.05, 3.63) is 59.0 Å². The maximum atomic E-state index is 14.0. The van der Waals surface area contributed by atoms with Crippen LogP contribution in [0.25, 0.3) is 0 Å². The molecular weight excluding hydrogens is 409 g/mol. The average molecular weight is 431 g/mol. The highest BCUT2D eigenvalue weighted by Crippen LogP contribution is 2.41. The summed E-state index contributed by atoms with van der Waals surface area (Å²) in [7, 11) is 4.53. The molecule has 2 aromatic rings. The molecule has 3 N–H and O–H groups in total. The lowest BCUT2D eigenvalue weighted by Gasteiger charge is -2.31. The van der Waals surface area contributed by atoms with Crippen LogP contribution in [0.4, 0.5) is 10.1 Å². The summed E-state index contributed by atoms with van der Waals surface area (Å²) >= 11 is 5.29. The van der Waals surface area contributed by atoms with E-state index < -0.39 is 17.8 Å². The van der Waals surface area contributed by atoms with Crippen molar-refractivity contribution in [1.82, 2.24) is 10.6 Å². The van der Waals surface area contributed by atoms with E-state index in [-0.39, 0.29) is 5.69 Å². The van der Waals surface area contributed by atoms with Gasteiger partial charge in [-0.05, 0) is 49.0 Å². The second kappa shape index (κ2) is 9.00. The molecule has 158 valence electrons. The van der Waals surface area contributed by atoms with E-state index in [1.807, 2.05) is 0 Å². The summed E-state index contributed by atoms with van der Waals surface area (Å²) in [5, 5.41) is 9.02. The second-order valence-electron chi connectivity index (χ2n) is 6.46. The van der Waals surface area contributed by atoms with Crippen LogP contribution in [0.1, 0.15) is 18.5 Å². The van der Waals surface area contributed by atoms with Gasteiger partial charge in [-0.25, -0.2) is 4.39 Å². The van der Waals surface area contributed by atoms with Crippen LogP contribution in [0.15, 0.2) is 47.7 Å². The highest BCUT2D eigenvalue weighted by molar-refractivity contribution is 7.80. The van der Waals surface area contributed by atoms with Crippen molar-refractivity contribution >= 4 is 28.9 Å². The Labute approximate surface area is 179 Å². The molecule has 9 heteroatoms. The smallest absolute Gasteiger partial charge is 0.255 e. The van der Waals surface area contributed by atoms with Crippen LogP contribution in [0.2, 0.25) is 0 Å². The van der Waals surface area contributed by atoms with Gasteiger partial charge in [-0.3, -0.25) is 4.79 Å². The van der Waals surface area contributed by atoms with Crippen LogP contribution in [-0.4, -0.2) is 32.3 Å². The number of hydrogen-bond donors (Lipinski definition) is 3. The number of hydrogen-bond acceptors (Lipinski definition) is 5. The number of para-hydroxylation sites is 1. The minimum absolute atomic E-state index is 0.0830. The maximum absolute atomic E-state index is 14.0. The second-order valence-corrected chi connectivity index (χ2v) is 6.87. The van der Waals surface area contributed by atoms with Gasteiger partial charge in [0.25, 0.3) is 5.91 Å². The Balaban J connectivity index is 2.06. The first kappa shape index (κ1) is 21.4. The molecule has 0 aromatic heterocycles. The third-order valence-corrected chi connectivity index (χ3v) is 4.88. The number of allylic oxidation sites excluding steroid dienone is 1. The van der Waals surface area contributed by atoms with Crippen molar-refractivity contribution in [3.8, 4) is 17.2 Å². The number of halogens is 1. The summed E-state index contributed by atoms with van der Waals surface area (Å²) in [6, 6.07) is 8.80. The van der Waals surface area contributed by atoms with Crippen molar-refractivity contribution in [1.29, 1.82) is 0 Å². The number of rotatable bonds is 6. The minimum Gasteiger partial charge on any atom is -0.493 e. The molecule has 30 heavy (non-hydrogen) atoms. The lowest BCUT2D eigenvalue weighted by Crippen LogP contribution is -2.45. The van der Waals surface area contributed by atoms with E-state index in [1.54, 1.807) is 31.2 Å². The maximum Gasteiger partial charge on any atom is 0.255 e. The summed E-state index contributed by atoms with van der Waals surface area (Å²) < 4.78 is 30.3.